The molecule has 1 N–H and O–H groups in total. The fourth-order valence-corrected chi connectivity index (χ4v) is 3.16. The van der Waals surface area contributed by atoms with Gasteiger partial charge in [0.25, 0.3) is 0 Å². The van der Waals surface area contributed by atoms with Crippen LogP contribution in [0, 0.1) is 11.8 Å². The number of hydrogen-bond donors (Lipinski definition) is 1. The Morgan fingerprint density at radius 2 is 2.05 bits per heavy atom. The molecule has 1 aromatic carbocycles. The Balaban J connectivity index is 1.61. The standard InChI is InChI=1S/C16H19F2NO2/c1-10-5-11(2)7-12(6-10)9-19-13-3-4-14-15(8-13)21-16(17,18)20-14/h3-5,8,10,12,19H,6-7,9H2,1-2H3. The van der Waals surface area contributed by atoms with E-state index >= 15 is 0 Å². The third-order valence-corrected chi connectivity index (χ3v) is 3.88. The molecule has 21 heavy (non-hydrogen) atoms. The molecule has 0 radical (unpaired) electrons. The van der Waals surface area contributed by atoms with Gasteiger partial charge in [-0.25, -0.2) is 0 Å². The minimum absolute atomic E-state index is 0.0793. The molecule has 2 atom stereocenters. The van der Waals surface area contributed by atoms with E-state index in [1.807, 2.05) is 0 Å². The van der Waals surface area contributed by atoms with Gasteiger partial charge in [0.05, 0.1) is 0 Å². The molecule has 2 aliphatic rings. The van der Waals surface area contributed by atoms with Crippen LogP contribution < -0.4 is 14.8 Å². The van der Waals surface area contributed by atoms with Gasteiger partial charge in [0, 0.05) is 18.3 Å². The second-order valence-electron chi connectivity index (χ2n) is 6.01. The summed E-state index contributed by atoms with van der Waals surface area (Å²) in [6.07, 6.45) is 0.994. The van der Waals surface area contributed by atoms with Crippen molar-refractivity contribution in [1.82, 2.24) is 0 Å². The SMILES string of the molecule is CC1=CC(C)CC(CNc2ccc3c(c2)OC(F)(F)O3)C1. The molecule has 0 spiro atoms. The minimum Gasteiger partial charge on any atom is -0.395 e. The van der Waals surface area contributed by atoms with Crippen LogP contribution >= 0.6 is 0 Å². The maximum atomic E-state index is 13.0. The number of ether oxygens (including phenoxy) is 2. The predicted molar refractivity (Wildman–Crippen MR) is 76.8 cm³/mol. The Hall–Kier alpha value is -1.78. The number of anilines is 1. The lowest BCUT2D eigenvalue weighted by Gasteiger charge is -2.26. The molecule has 3 nitrogen and oxygen atoms in total. The van der Waals surface area contributed by atoms with Gasteiger partial charge in [-0.1, -0.05) is 18.6 Å². The van der Waals surface area contributed by atoms with Crippen molar-refractivity contribution in [3.8, 4) is 11.5 Å². The highest BCUT2D eigenvalue weighted by atomic mass is 19.3. The van der Waals surface area contributed by atoms with Crippen molar-refractivity contribution in [3.05, 3.63) is 29.8 Å². The number of benzene rings is 1. The summed E-state index contributed by atoms with van der Waals surface area (Å²) in [5.74, 6) is 1.33. The van der Waals surface area contributed by atoms with E-state index < -0.39 is 6.29 Å². The Kier molecular flexibility index (Phi) is 3.51. The second kappa shape index (κ2) is 5.20. The fraction of sp³-hybridized carbons (Fsp3) is 0.500. The van der Waals surface area contributed by atoms with Gasteiger partial charge < -0.3 is 14.8 Å². The smallest absolute Gasteiger partial charge is 0.395 e. The average Bonchev–Trinajstić information content (AvgIpc) is 2.68. The highest BCUT2D eigenvalue weighted by Crippen LogP contribution is 2.42. The first-order valence-corrected chi connectivity index (χ1v) is 7.22. The van der Waals surface area contributed by atoms with Gasteiger partial charge in [-0.15, -0.1) is 8.78 Å². The number of nitrogens with one attached hydrogen (secondary N) is 1. The summed E-state index contributed by atoms with van der Waals surface area (Å²) in [6, 6.07) is 4.80. The second-order valence-corrected chi connectivity index (χ2v) is 6.01. The third kappa shape index (κ3) is 3.28. The highest BCUT2D eigenvalue weighted by Gasteiger charge is 2.43. The molecular formula is C16H19F2NO2. The van der Waals surface area contributed by atoms with E-state index in [2.05, 4.69) is 34.7 Å². The number of fused-ring (bicyclic) bond motifs is 1. The molecule has 1 aliphatic heterocycles. The van der Waals surface area contributed by atoms with Crippen molar-refractivity contribution in [2.45, 2.75) is 33.0 Å². The van der Waals surface area contributed by atoms with Crippen molar-refractivity contribution >= 4 is 5.69 Å². The summed E-state index contributed by atoms with van der Waals surface area (Å²) in [6.45, 7) is 5.20. The summed E-state index contributed by atoms with van der Waals surface area (Å²) < 4.78 is 34.8. The lowest BCUT2D eigenvalue weighted by molar-refractivity contribution is -0.286. The Bertz CT molecular complexity index is 571. The van der Waals surface area contributed by atoms with Crippen LogP contribution in [0.25, 0.3) is 0 Å². The zero-order valence-electron chi connectivity index (χ0n) is 12.2. The molecule has 0 saturated carbocycles. The third-order valence-electron chi connectivity index (χ3n) is 3.88. The molecule has 1 aromatic rings. The molecule has 0 bridgehead atoms. The van der Waals surface area contributed by atoms with Crippen LogP contribution in [-0.4, -0.2) is 12.8 Å². The number of rotatable bonds is 3. The average molecular weight is 295 g/mol. The normalized spacial score (nSPS) is 26.4. The molecular weight excluding hydrogens is 276 g/mol. The van der Waals surface area contributed by atoms with Crippen molar-refractivity contribution in [2.75, 3.05) is 11.9 Å². The number of allylic oxidation sites excluding steroid dienone is 2. The first-order chi connectivity index (χ1) is 9.91. The Labute approximate surface area is 122 Å². The van der Waals surface area contributed by atoms with Crippen LogP contribution in [0.5, 0.6) is 11.5 Å². The molecule has 1 heterocycles. The number of hydrogen-bond acceptors (Lipinski definition) is 3. The fourth-order valence-electron chi connectivity index (χ4n) is 3.16. The summed E-state index contributed by atoms with van der Waals surface area (Å²) in [7, 11) is 0. The predicted octanol–water partition coefficient (Wildman–Crippen LogP) is 4.41. The zero-order valence-corrected chi connectivity index (χ0v) is 12.2. The molecule has 0 fully saturated rings. The van der Waals surface area contributed by atoms with E-state index in [9.17, 15) is 8.78 Å². The van der Waals surface area contributed by atoms with Crippen LogP contribution in [0.4, 0.5) is 14.5 Å². The van der Waals surface area contributed by atoms with Crippen LogP contribution in [0.15, 0.2) is 29.8 Å². The maximum absolute atomic E-state index is 13.0. The number of alkyl halides is 2. The van der Waals surface area contributed by atoms with E-state index in [1.54, 1.807) is 12.1 Å². The van der Waals surface area contributed by atoms with Crippen molar-refractivity contribution < 1.29 is 18.3 Å². The molecule has 3 rings (SSSR count). The van der Waals surface area contributed by atoms with Crippen molar-refractivity contribution in [2.24, 2.45) is 11.8 Å². The highest BCUT2D eigenvalue weighted by molar-refractivity contribution is 5.56. The van der Waals surface area contributed by atoms with E-state index in [0.29, 0.717) is 11.8 Å². The topological polar surface area (TPSA) is 30.5 Å². The molecule has 1 aliphatic carbocycles. The van der Waals surface area contributed by atoms with Crippen molar-refractivity contribution in [1.29, 1.82) is 0 Å². The molecule has 114 valence electrons. The van der Waals surface area contributed by atoms with Crippen LogP contribution in [0.3, 0.4) is 0 Å². The first kappa shape index (κ1) is 14.2. The van der Waals surface area contributed by atoms with Gasteiger partial charge in [0.2, 0.25) is 0 Å². The van der Waals surface area contributed by atoms with E-state index in [0.717, 1.165) is 25.1 Å². The zero-order chi connectivity index (χ0) is 15.0. The number of halogens is 2. The van der Waals surface area contributed by atoms with Gasteiger partial charge in [-0.05, 0) is 43.7 Å². The van der Waals surface area contributed by atoms with Gasteiger partial charge in [-0.3, -0.25) is 0 Å². The summed E-state index contributed by atoms with van der Waals surface area (Å²) in [5.41, 5.74) is 2.20. The summed E-state index contributed by atoms with van der Waals surface area (Å²) in [5, 5.41) is 3.30. The first-order valence-electron chi connectivity index (χ1n) is 7.22. The van der Waals surface area contributed by atoms with E-state index in [-0.39, 0.29) is 11.5 Å². The molecule has 2 unspecified atom stereocenters. The molecule has 0 amide bonds. The van der Waals surface area contributed by atoms with E-state index in [4.69, 9.17) is 0 Å². The van der Waals surface area contributed by atoms with Crippen molar-refractivity contribution in [3.63, 3.8) is 0 Å². The van der Waals surface area contributed by atoms with Gasteiger partial charge in [0.1, 0.15) is 0 Å². The quantitative estimate of drug-likeness (QED) is 0.838. The maximum Gasteiger partial charge on any atom is 0.586 e. The van der Waals surface area contributed by atoms with Gasteiger partial charge in [-0.2, -0.15) is 0 Å². The molecule has 0 saturated heterocycles. The Morgan fingerprint density at radius 3 is 2.81 bits per heavy atom. The van der Waals surface area contributed by atoms with Crippen LogP contribution in [0.2, 0.25) is 0 Å². The summed E-state index contributed by atoms with van der Waals surface area (Å²) in [4.78, 5) is 0. The monoisotopic (exact) mass is 295 g/mol. The van der Waals surface area contributed by atoms with E-state index in [1.165, 1.54) is 11.6 Å². The largest absolute Gasteiger partial charge is 0.586 e. The van der Waals surface area contributed by atoms with Gasteiger partial charge >= 0.3 is 6.29 Å². The Morgan fingerprint density at radius 1 is 1.29 bits per heavy atom. The van der Waals surface area contributed by atoms with Crippen LogP contribution in [-0.2, 0) is 0 Å². The van der Waals surface area contributed by atoms with Gasteiger partial charge in [0.15, 0.2) is 11.5 Å². The lowest BCUT2D eigenvalue weighted by atomic mass is 9.84. The summed E-state index contributed by atoms with van der Waals surface area (Å²) >= 11 is 0. The van der Waals surface area contributed by atoms with Crippen LogP contribution in [0.1, 0.15) is 26.7 Å². The molecule has 0 aromatic heterocycles. The molecule has 5 heteroatoms. The minimum atomic E-state index is -3.55. The lowest BCUT2D eigenvalue weighted by Crippen LogP contribution is -2.25.